The van der Waals surface area contributed by atoms with Gasteiger partial charge in [-0.2, -0.15) is 0 Å². The van der Waals surface area contributed by atoms with Crippen molar-refractivity contribution in [1.82, 2.24) is 4.90 Å². The molecule has 1 atom stereocenters. The van der Waals surface area contributed by atoms with Crippen LogP contribution < -0.4 is 10.2 Å². The van der Waals surface area contributed by atoms with Gasteiger partial charge in [-0.05, 0) is 30.3 Å². The van der Waals surface area contributed by atoms with Gasteiger partial charge in [0.25, 0.3) is 5.69 Å². The number of nitrogens with one attached hydrogen (secondary N) is 1. The highest BCUT2D eigenvalue weighted by Gasteiger charge is 2.31. The Labute approximate surface area is 182 Å². The fraction of sp³-hybridized carbons (Fsp3) is 0.300. The maximum atomic E-state index is 12.8. The molecule has 2 amide bonds. The van der Waals surface area contributed by atoms with Crippen LogP contribution in [-0.2, 0) is 9.59 Å². The first-order chi connectivity index (χ1) is 14.4. The van der Waals surface area contributed by atoms with E-state index in [0.29, 0.717) is 36.9 Å². The SMILES string of the molecule is O=C1Nc2cc(Cl)ccc2SC1CC(=O)N1CCN(c2ccc([N+](=O)[O-])cc2)CC1. The van der Waals surface area contributed by atoms with E-state index < -0.39 is 10.2 Å². The van der Waals surface area contributed by atoms with Crippen LogP contribution in [-0.4, -0.2) is 53.1 Å². The summed E-state index contributed by atoms with van der Waals surface area (Å²) in [6, 6.07) is 11.7. The molecule has 1 saturated heterocycles. The molecule has 2 aromatic rings. The molecule has 1 unspecified atom stereocenters. The van der Waals surface area contributed by atoms with E-state index in [1.165, 1.54) is 23.9 Å². The van der Waals surface area contributed by atoms with Gasteiger partial charge in [-0.25, -0.2) is 0 Å². The Morgan fingerprint density at radius 3 is 2.53 bits per heavy atom. The number of fused-ring (bicyclic) bond motifs is 1. The second-order valence-electron chi connectivity index (χ2n) is 7.08. The Hall–Kier alpha value is -2.78. The van der Waals surface area contributed by atoms with Gasteiger partial charge in [0.1, 0.15) is 0 Å². The molecule has 2 aliphatic rings. The van der Waals surface area contributed by atoms with Gasteiger partial charge in [0.05, 0.1) is 15.9 Å². The smallest absolute Gasteiger partial charge is 0.269 e. The van der Waals surface area contributed by atoms with Gasteiger partial charge in [-0.1, -0.05) is 11.6 Å². The third-order valence-corrected chi connectivity index (χ3v) is 6.69. The monoisotopic (exact) mass is 446 g/mol. The molecule has 30 heavy (non-hydrogen) atoms. The Bertz CT molecular complexity index is 993. The van der Waals surface area contributed by atoms with Crippen LogP contribution in [0.5, 0.6) is 0 Å². The summed E-state index contributed by atoms with van der Waals surface area (Å²) in [5, 5.41) is 13.7. The summed E-state index contributed by atoms with van der Waals surface area (Å²) >= 11 is 7.35. The molecule has 0 aliphatic carbocycles. The number of piperazine rings is 1. The third-order valence-electron chi connectivity index (χ3n) is 5.18. The van der Waals surface area contributed by atoms with E-state index in [-0.39, 0.29) is 23.9 Å². The van der Waals surface area contributed by atoms with Crippen LogP contribution in [0.3, 0.4) is 0 Å². The molecule has 4 rings (SSSR count). The van der Waals surface area contributed by atoms with E-state index in [1.807, 2.05) is 6.07 Å². The number of hydrogen-bond acceptors (Lipinski definition) is 6. The van der Waals surface area contributed by atoms with Gasteiger partial charge in [-0.3, -0.25) is 19.7 Å². The lowest BCUT2D eigenvalue weighted by molar-refractivity contribution is -0.384. The molecule has 0 spiro atoms. The van der Waals surface area contributed by atoms with Crippen molar-refractivity contribution in [3.8, 4) is 0 Å². The number of nitrogens with zero attached hydrogens (tertiary/aromatic N) is 3. The van der Waals surface area contributed by atoms with E-state index in [0.717, 1.165) is 10.6 Å². The lowest BCUT2D eigenvalue weighted by Gasteiger charge is -2.36. The lowest BCUT2D eigenvalue weighted by atomic mass is 10.2. The predicted molar refractivity (Wildman–Crippen MR) is 116 cm³/mol. The Balaban J connectivity index is 1.33. The average Bonchev–Trinajstić information content (AvgIpc) is 2.74. The normalized spacial score (nSPS) is 18.6. The molecule has 2 aromatic carbocycles. The highest BCUT2D eigenvalue weighted by molar-refractivity contribution is 8.01. The van der Waals surface area contributed by atoms with Crippen molar-refractivity contribution in [3.63, 3.8) is 0 Å². The number of halogens is 1. The zero-order valence-corrected chi connectivity index (χ0v) is 17.5. The highest BCUT2D eigenvalue weighted by Crippen LogP contribution is 2.38. The average molecular weight is 447 g/mol. The van der Waals surface area contributed by atoms with Crippen molar-refractivity contribution < 1.29 is 14.5 Å². The van der Waals surface area contributed by atoms with Gasteiger partial charge in [-0.15, -0.1) is 11.8 Å². The minimum absolute atomic E-state index is 0.0524. The van der Waals surface area contributed by atoms with Crippen molar-refractivity contribution in [1.29, 1.82) is 0 Å². The van der Waals surface area contributed by atoms with E-state index >= 15 is 0 Å². The van der Waals surface area contributed by atoms with Gasteiger partial charge in [0, 0.05) is 60.3 Å². The molecule has 0 saturated carbocycles. The van der Waals surface area contributed by atoms with Crippen molar-refractivity contribution in [2.24, 2.45) is 0 Å². The van der Waals surface area contributed by atoms with Crippen molar-refractivity contribution in [3.05, 3.63) is 57.6 Å². The zero-order chi connectivity index (χ0) is 21.3. The first-order valence-electron chi connectivity index (χ1n) is 9.45. The minimum Gasteiger partial charge on any atom is -0.368 e. The Morgan fingerprint density at radius 1 is 1.17 bits per heavy atom. The number of amides is 2. The first-order valence-corrected chi connectivity index (χ1v) is 10.7. The minimum atomic E-state index is -0.473. The highest BCUT2D eigenvalue weighted by atomic mass is 35.5. The maximum absolute atomic E-state index is 12.8. The fourth-order valence-electron chi connectivity index (χ4n) is 3.54. The second-order valence-corrected chi connectivity index (χ2v) is 8.76. The van der Waals surface area contributed by atoms with Gasteiger partial charge >= 0.3 is 0 Å². The first kappa shape index (κ1) is 20.5. The molecule has 156 valence electrons. The number of anilines is 2. The molecule has 0 bridgehead atoms. The standard InChI is InChI=1S/C20H19ClN4O4S/c21-13-1-6-17-16(11-13)22-20(27)18(30-17)12-19(26)24-9-7-23(8-10-24)14-2-4-15(5-3-14)25(28)29/h1-6,11,18H,7-10,12H2,(H,22,27). The van der Waals surface area contributed by atoms with E-state index in [4.69, 9.17) is 11.6 Å². The number of benzene rings is 2. The van der Waals surface area contributed by atoms with Crippen LogP contribution in [0.1, 0.15) is 6.42 Å². The number of non-ortho nitro benzene ring substituents is 1. The summed E-state index contributed by atoms with van der Waals surface area (Å²) in [5.41, 5.74) is 1.63. The summed E-state index contributed by atoms with van der Waals surface area (Å²) < 4.78 is 0. The van der Waals surface area contributed by atoms with Crippen LogP contribution in [0.15, 0.2) is 47.4 Å². The summed E-state index contributed by atoms with van der Waals surface area (Å²) in [7, 11) is 0. The molecule has 2 heterocycles. The van der Waals surface area contributed by atoms with Crippen molar-refractivity contribution >= 4 is 52.2 Å². The van der Waals surface area contributed by atoms with Gasteiger partial charge in [0.15, 0.2) is 0 Å². The van der Waals surface area contributed by atoms with Crippen molar-refractivity contribution in [2.45, 2.75) is 16.6 Å². The topological polar surface area (TPSA) is 95.8 Å². The molecule has 1 fully saturated rings. The van der Waals surface area contributed by atoms with Gasteiger partial charge in [0.2, 0.25) is 11.8 Å². The quantitative estimate of drug-likeness (QED) is 0.571. The predicted octanol–water partition coefficient (Wildman–Crippen LogP) is 3.40. The van der Waals surface area contributed by atoms with E-state index in [2.05, 4.69) is 10.2 Å². The number of rotatable bonds is 4. The Kier molecular flexibility index (Phi) is 5.83. The number of carbonyl (C=O) groups excluding carboxylic acids is 2. The molecule has 2 aliphatic heterocycles. The van der Waals surface area contributed by atoms with Crippen LogP contribution >= 0.6 is 23.4 Å². The summed E-state index contributed by atoms with van der Waals surface area (Å²) in [5.74, 6) is -0.240. The van der Waals surface area contributed by atoms with Crippen molar-refractivity contribution in [2.75, 3.05) is 36.4 Å². The van der Waals surface area contributed by atoms with Crippen LogP contribution in [0, 0.1) is 10.1 Å². The van der Waals surface area contributed by atoms with E-state index in [1.54, 1.807) is 29.2 Å². The molecule has 0 radical (unpaired) electrons. The molecule has 1 N–H and O–H groups in total. The summed E-state index contributed by atoms with van der Waals surface area (Å²) in [6.45, 7) is 2.35. The zero-order valence-electron chi connectivity index (χ0n) is 15.9. The number of hydrogen-bond donors (Lipinski definition) is 1. The molecule has 10 heteroatoms. The fourth-order valence-corrected chi connectivity index (χ4v) is 4.80. The number of nitro benzene ring substituents is 1. The Morgan fingerprint density at radius 2 is 1.87 bits per heavy atom. The van der Waals surface area contributed by atoms with Crippen LogP contribution in [0.25, 0.3) is 0 Å². The number of thioether (sulfide) groups is 1. The third kappa shape index (κ3) is 4.36. The molecule has 8 nitrogen and oxygen atoms in total. The molecular formula is C20H19ClN4O4S. The van der Waals surface area contributed by atoms with E-state index in [9.17, 15) is 19.7 Å². The molecule has 0 aromatic heterocycles. The number of nitro groups is 1. The second kappa shape index (κ2) is 8.53. The van der Waals surface area contributed by atoms with Gasteiger partial charge < -0.3 is 15.1 Å². The molecular weight excluding hydrogens is 428 g/mol. The largest absolute Gasteiger partial charge is 0.368 e. The number of carbonyl (C=O) groups is 2. The van der Waals surface area contributed by atoms with Crippen LogP contribution in [0.2, 0.25) is 5.02 Å². The van der Waals surface area contributed by atoms with Crippen LogP contribution in [0.4, 0.5) is 17.1 Å². The maximum Gasteiger partial charge on any atom is 0.269 e. The summed E-state index contributed by atoms with van der Waals surface area (Å²) in [4.78, 5) is 40.3. The lowest BCUT2D eigenvalue weighted by Crippen LogP contribution is -2.49. The summed E-state index contributed by atoms with van der Waals surface area (Å²) in [6.07, 6.45) is 0.135.